The Hall–Kier alpha value is -1.19. The topological polar surface area (TPSA) is 17.1 Å². The van der Waals surface area contributed by atoms with E-state index in [0.717, 1.165) is 0 Å². The fraction of sp³-hybridized carbons (Fsp3) is 0.0833. The largest absolute Gasteiger partial charge is 0.289 e. The number of hydrogen-bond acceptors (Lipinski definition) is 2. The van der Waals surface area contributed by atoms with Crippen molar-refractivity contribution in [2.45, 2.75) is 6.92 Å². The highest BCUT2D eigenvalue weighted by Crippen LogP contribution is 2.23. The van der Waals surface area contributed by atoms with Gasteiger partial charge in [0.05, 0.1) is 5.02 Å². The molecule has 0 aliphatic rings. The SMILES string of the molecule is Cc1cc(C(=O)c2ccsc2)c(Cl)cc1F. The monoisotopic (exact) mass is 254 g/mol. The van der Waals surface area contributed by atoms with E-state index in [1.165, 1.54) is 23.5 Å². The Balaban J connectivity index is 2.49. The van der Waals surface area contributed by atoms with Crippen LogP contribution >= 0.6 is 22.9 Å². The normalized spacial score (nSPS) is 10.4. The molecule has 0 fully saturated rings. The van der Waals surface area contributed by atoms with Crippen LogP contribution in [0, 0.1) is 12.7 Å². The van der Waals surface area contributed by atoms with Crippen molar-refractivity contribution in [3.63, 3.8) is 0 Å². The third-order valence-electron chi connectivity index (χ3n) is 2.28. The van der Waals surface area contributed by atoms with Crippen LogP contribution in [0.1, 0.15) is 21.5 Å². The molecule has 0 saturated heterocycles. The number of thiophene rings is 1. The lowest BCUT2D eigenvalue weighted by Gasteiger charge is -2.04. The summed E-state index contributed by atoms with van der Waals surface area (Å²) in [5.41, 5.74) is 1.35. The van der Waals surface area contributed by atoms with Gasteiger partial charge in [0, 0.05) is 16.5 Å². The van der Waals surface area contributed by atoms with Gasteiger partial charge in [-0.3, -0.25) is 4.79 Å². The standard InChI is InChI=1S/C12H8ClFOS/c1-7-4-9(10(13)5-11(7)14)12(15)8-2-3-16-6-8/h2-6H,1H3. The molecule has 1 aromatic heterocycles. The highest BCUT2D eigenvalue weighted by Gasteiger charge is 2.15. The second-order valence-electron chi connectivity index (χ2n) is 3.42. The number of halogens is 2. The molecule has 2 aromatic rings. The summed E-state index contributed by atoms with van der Waals surface area (Å²) < 4.78 is 13.2. The summed E-state index contributed by atoms with van der Waals surface area (Å²) in [5, 5.41) is 3.72. The van der Waals surface area contributed by atoms with E-state index < -0.39 is 5.82 Å². The molecule has 16 heavy (non-hydrogen) atoms. The van der Waals surface area contributed by atoms with Crippen molar-refractivity contribution in [3.05, 3.63) is 56.5 Å². The molecule has 0 amide bonds. The maximum absolute atomic E-state index is 13.2. The van der Waals surface area contributed by atoms with Gasteiger partial charge in [0.25, 0.3) is 0 Å². The van der Waals surface area contributed by atoms with Crippen LogP contribution in [0.2, 0.25) is 5.02 Å². The number of benzene rings is 1. The van der Waals surface area contributed by atoms with E-state index in [9.17, 15) is 9.18 Å². The highest BCUT2D eigenvalue weighted by molar-refractivity contribution is 7.08. The Bertz CT molecular complexity index is 534. The van der Waals surface area contributed by atoms with Crippen LogP contribution in [-0.2, 0) is 0 Å². The highest BCUT2D eigenvalue weighted by atomic mass is 35.5. The third-order valence-corrected chi connectivity index (χ3v) is 3.27. The van der Waals surface area contributed by atoms with Crippen LogP contribution in [0.25, 0.3) is 0 Å². The first kappa shape index (κ1) is 11.3. The second kappa shape index (κ2) is 4.36. The Morgan fingerprint density at radius 3 is 2.81 bits per heavy atom. The number of carbonyl (C=O) groups excluding carboxylic acids is 1. The molecule has 0 unspecified atom stereocenters. The zero-order valence-corrected chi connectivity index (χ0v) is 10.0. The average molecular weight is 255 g/mol. The van der Waals surface area contributed by atoms with E-state index in [1.807, 2.05) is 5.38 Å². The number of rotatable bonds is 2. The molecule has 0 aliphatic heterocycles. The van der Waals surface area contributed by atoms with Gasteiger partial charge < -0.3 is 0 Å². The zero-order chi connectivity index (χ0) is 11.7. The lowest BCUT2D eigenvalue weighted by Crippen LogP contribution is -2.02. The van der Waals surface area contributed by atoms with Gasteiger partial charge in [0.2, 0.25) is 0 Å². The molecule has 0 saturated carbocycles. The molecule has 4 heteroatoms. The molecule has 0 radical (unpaired) electrons. The van der Waals surface area contributed by atoms with E-state index in [1.54, 1.807) is 18.4 Å². The Labute approximate surface area is 101 Å². The van der Waals surface area contributed by atoms with E-state index in [2.05, 4.69) is 0 Å². The molecule has 0 spiro atoms. The van der Waals surface area contributed by atoms with Crippen LogP contribution in [0.3, 0.4) is 0 Å². The van der Waals surface area contributed by atoms with Gasteiger partial charge in [-0.25, -0.2) is 4.39 Å². The zero-order valence-electron chi connectivity index (χ0n) is 8.46. The minimum absolute atomic E-state index is 0.152. The predicted octanol–water partition coefficient (Wildman–Crippen LogP) is 4.08. The first-order valence-electron chi connectivity index (χ1n) is 4.62. The Kier molecular flexibility index (Phi) is 3.08. The van der Waals surface area contributed by atoms with Crippen molar-refractivity contribution in [1.82, 2.24) is 0 Å². The molecule has 0 aliphatic carbocycles. The lowest BCUT2D eigenvalue weighted by molar-refractivity contribution is 0.103. The van der Waals surface area contributed by atoms with Crippen LogP contribution in [0.15, 0.2) is 29.0 Å². The quantitative estimate of drug-likeness (QED) is 0.738. The number of carbonyl (C=O) groups is 1. The molecule has 82 valence electrons. The first-order chi connectivity index (χ1) is 7.59. The van der Waals surface area contributed by atoms with Gasteiger partial charge in [-0.1, -0.05) is 11.6 Å². The van der Waals surface area contributed by atoms with Crippen molar-refractivity contribution < 1.29 is 9.18 Å². The first-order valence-corrected chi connectivity index (χ1v) is 5.94. The molecule has 0 bridgehead atoms. The van der Waals surface area contributed by atoms with Crippen LogP contribution < -0.4 is 0 Å². The molecular weight excluding hydrogens is 247 g/mol. The molecule has 1 nitrogen and oxygen atoms in total. The summed E-state index contributed by atoms with van der Waals surface area (Å²) in [6.45, 7) is 1.61. The second-order valence-corrected chi connectivity index (χ2v) is 4.61. The fourth-order valence-electron chi connectivity index (χ4n) is 1.38. The van der Waals surface area contributed by atoms with E-state index in [4.69, 9.17) is 11.6 Å². The van der Waals surface area contributed by atoms with Crippen molar-refractivity contribution in [1.29, 1.82) is 0 Å². The fourth-order valence-corrected chi connectivity index (χ4v) is 2.25. The third kappa shape index (κ3) is 2.01. The Morgan fingerprint density at radius 2 is 2.19 bits per heavy atom. The van der Waals surface area contributed by atoms with Gasteiger partial charge in [-0.05, 0) is 36.1 Å². The minimum Gasteiger partial charge on any atom is -0.289 e. The molecule has 2 rings (SSSR count). The van der Waals surface area contributed by atoms with Gasteiger partial charge >= 0.3 is 0 Å². The molecule has 0 atom stereocenters. The summed E-state index contributed by atoms with van der Waals surface area (Å²) in [4.78, 5) is 12.0. The van der Waals surface area contributed by atoms with Gasteiger partial charge in [0.1, 0.15) is 5.82 Å². The van der Waals surface area contributed by atoms with Crippen LogP contribution in [-0.4, -0.2) is 5.78 Å². The maximum atomic E-state index is 13.2. The van der Waals surface area contributed by atoms with E-state index in [-0.39, 0.29) is 10.8 Å². The number of hydrogen-bond donors (Lipinski definition) is 0. The summed E-state index contributed by atoms with van der Waals surface area (Å²) >= 11 is 7.29. The van der Waals surface area contributed by atoms with Crippen LogP contribution in [0.5, 0.6) is 0 Å². The van der Waals surface area contributed by atoms with E-state index >= 15 is 0 Å². The summed E-state index contributed by atoms with van der Waals surface area (Å²) in [6.07, 6.45) is 0. The molecule has 0 N–H and O–H groups in total. The summed E-state index contributed by atoms with van der Waals surface area (Å²) in [5.74, 6) is -0.568. The lowest BCUT2D eigenvalue weighted by atomic mass is 10.0. The van der Waals surface area contributed by atoms with Crippen molar-refractivity contribution in [2.75, 3.05) is 0 Å². The van der Waals surface area contributed by atoms with Gasteiger partial charge in [-0.15, -0.1) is 0 Å². The molecule has 1 aromatic carbocycles. The number of ketones is 1. The van der Waals surface area contributed by atoms with Gasteiger partial charge in [0.15, 0.2) is 5.78 Å². The molecular formula is C12H8ClFOS. The number of aryl methyl sites for hydroxylation is 1. The van der Waals surface area contributed by atoms with Crippen molar-refractivity contribution in [3.8, 4) is 0 Å². The maximum Gasteiger partial charge on any atom is 0.195 e. The predicted molar refractivity (Wildman–Crippen MR) is 63.9 cm³/mol. The minimum atomic E-state index is -0.396. The smallest absolute Gasteiger partial charge is 0.195 e. The van der Waals surface area contributed by atoms with Crippen molar-refractivity contribution in [2.24, 2.45) is 0 Å². The van der Waals surface area contributed by atoms with Crippen LogP contribution in [0.4, 0.5) is 4.39 Å². The summed E-state index contributed by atoms with van der Waals surface area (Å²) in [6, 6.07) is 4.39. The average Bonchev–Trinajstić information content (AvgIpc) is 2.75. The van der Waals surface area contributed by atoms with Gasteiger partial charge in [-0.2, -0.15) is 11.3 Å². The van der Waals surface area contributed by atoms with Crippen molar-refractivity contribution >= 4 is 28.7 Å². The molecule has 1 heterocycles. The summed E-state index contributed by atoms with van der Waals surface area (Å²) in [7, 11) is 0. The van der Waals surface area contributed by atoms with E-state index in [0.29, 0.717) is 16.7 Å². The Morgan fingerprint density at radius 1 is 1.44 bits per heavy atom.